The lowest BCUT2D eigenvalue weighted by Gasteiger charge is -2.17. The van der Waals surface area contributed by atoms with Gasteiger partial charge in [0.15, 0.2) is 0 Å². The summed E-state index contributed by atoms with van der Waals surface area (Å²) in [4.78, 5) is 0. The van der Waals surface area contributed by atoms with E-state index in [4.69, 9.17) is 0 Å². The summed E-state index contributed by atoms with van der Waals surface area (Å²) >= 11 is 0. The van der Waals surface area contributed by atoms with Crippen molar-refractivity contribution in [2.75, 3.05) is 0 Å². The molecule has 2 aliphatic rings. The fraction of sp³-hybridized carbons (Fsp3) is 0. The number of nitrogens with zero attached hydrogens (tertiary/aromatic N) is 4. The molecule has 4 nitrogen and oxygen atoms in total. The lowest BCUT2D eigenvalue weighted by atomic mass is 9.84. The Bertz CT molecular complexity index is 1850. The van der Waals surface area contributed by atoms with Crippen LogP contribution in [0.4, 0.5) is 8.78 Å². The Kier molecular flexibility index (Phi) is 5.67. The molecule has 0 saturated carbocycles. The molecular weight excluding hydrogens is 502 g/mol. The van der Waals surface area contributed by atoms with Crippen LogP contribution in [-0.2, 0) is 0 Å². The maximum atomic E-state index is 13.8. The van der Waals surface area contributed by atoms with Crippen LogP contribution in [0.5, 0.6) is 0 Å². The fourth-order valence-corrected chi connectivity index (χ4v) is 5.61. The van der Waals surface area contributed by atoms with E-state index in [-0.39, 0.29) is 11.1 Å². The van der Waals surface area contributed by atoms with Crippen molar-refractivity contribution in [3.8, 4) is 46.5 Å². The first-order valence-corrected chi connectivity index (χ1v) is 12.2. The highest BCUT2D eigenvalue weighted by Gasteiger charge is 2.42. The Labute approximate surface area is 228 Å². The summed E-state index contributed by atoms with van der Waals surface area (Å²) in [6.07, 6.45) is 0. The first-order chi connectivity index (χ1) is 19.5. The molecule has 4 aromatic rings. The Morgan fingerprint density at radius 1 is 0.450 bits per heavy atom. The molecule has 0 fully saturated rings. The lowest BCUT2D eigenvalue weighted by molar-refractivity contribution is 0.627. The van der Waals surface area contributed by atoms with Gasteiger partial charge < -0.3 is 0 Å². The van der Waals surface area contributed by atoms with Gasteiger partial charge in [0.2, 0.25) is 0 Å². The van der Waals surface area contributed by atoms with E-state index >= 15 is 0 Å². The van der Waals surface area contributed by atoms with Gasteiger partial charge >= 0.3 is 0 Å². The average molecular weight is 517 g/mol. The van der Waals surface area contributed by atoms with Gasteiger partial charge in [-0.25, -0.2) is 8.78 Å². The van der Waals surface area contributed by atoms with Crippen LogP contribution in [0.2, 0.25) is 0 Å². The number of hydrogen-bond acceptors (Lipinski definition) is 4. The van der Waals surface area contributed by atoms with Gasteiger partial charge in [-0.1, -0.05) is 60.7 Å². The van der Waals surface area contributed by atoms with Crippen LogP contribution in [0.15, 0.2) is 96.1 Å². The Morgan fingerprint density at radius 3 is 1.10 bits per heavy atom. The van der Waals surface area contributed by atoms with Crippen LogP contribution in [0.25, 0.3) is 44.5 Å². The zero-order valence-electron chi connectivity index (χ0n) is 20.6. The molecular formula is C34H14F2N4. The molecule has 6 heteroatoms. The van der Waals surface area contributed by atoms with E-state index in [1.54, 1.807) is 48.5 Å². The molecule has 4 aromatic carbocycles. The van der Waals surface area contributed by atoms with Gasteiger partial charge in [-0.3, -0.25) is 0 Å². The highest BCUT2D eigenvalue weighted by Crippen LogP contribution is 2.62. The number of rotatable bonds is 2. The lowest BCUT2D eigenvalue weighted by Crippen LogP contribution is -1.99. The molecule has 6 rings (SSSR count). The fourth-order valence-electron chi connectivity index (χ4n) is 5.61. The summed E-state index contributed by atoms with van der Waals surface area (Å²) in [6, 6.07) is 30.8. The summed E-state index contributed by atoms with van der Waals surface area (Å²) in [5.41, 5.74) is 6.86. The molecule has 0 atom stereocenters. The SMILES string of the molecule is N#CC(C#N)=C1C2=C(C(=C(C#N)C#N)c3cccc(-c4ccc(F)cc4)c32)c2c1cccc2-c1ccc(F)cc1. The molecule has 0 N–H and O–H groups in total. The van der Waals surface area contributed by atoms with Crippen LogP contribution in [-0.4, -0.2) is 0 Å². The number of benzene rings is 4. The standard InChI is InChI=1S/C34H14F2N4/c35-23-11-7-19(8-12-23)25-3-1-5-27-29(21(15-37)16-38)33-32-26(20-9-13-24(36)14-10-20)4-2-6-28(32)30(22(17-39)18-40)34(33)31(25)27/h1-14H. The molecule has 0 bridgehead atoms. The molecule has 0 unspecified atom stereocenters. The third-order valence-corrected chi connectivity index (χ3v) is 7.18. The monoisotopic (exact) mass is 516 g/mol. The number of nitriles is 4. The molecule has 40 heavy (non-hydrogen) atoms. The first-order valence-electron chi connectivity index (χ1n) is 12.2. The smallest absolute Gasteiger partial charge is 0.138 e. The van der Waals surface area contributed by atoms with Crippen molar-refractivity contribution in [1.82, 2.24) is 0 Å². The second kappa shape index (κ2) is 9.34. The zero-order chi connectivity index (χ0) is 28.0. The van der Waals surface area contributed by atoms with Crippen LogP contribution in [0.1, 0.15) is 22.3 Å². The van der Waals surface area contributed by atoms with Gasteiger partial charge in [0, 0.05) is 22.3 Å². The quantitative estimate of drug-likeness (QED) is 0.254. The highest BCUT2D eigenvalue weighted by atomic mass is 19.1. The van der Waals surface area contributed by atoms with Gasteiger partial charge in [-0.15, -0.1) is 0 Å². The van der Waals surface area contributed by atoms with Crippen molar-refractivity contribution in [2.24, 2.45) is 0 Å². The van der Waals surface area contributed by atoms with Crippen molar-refractivity contribution >= 4 is 22.3 Å². The van der Waals surface area contributed by atoms with Crippen molar-refractivity contribution in [3.05, 3.63) is 130 Å². The maximum Gasteiger partial charge on any atom is 0.138 e. The minimum Gasteiger partial charge on any atom is -0.207 e. The highest BCUT2D eigenvalue weighted by molar-refractivity contribution is 6.39. The second-order valence-corrected chi connectivity index (χ2v) is 9.17. The third kappa shape index (κ3) is 3.46. The predicted molar refractivity (Wildman–Crippen MR) is 147 cm³/mol. The molecule has 0 saturated heterocycles. The molecule has 2 aliphatic carbocycles. The van der Waals surface area contributed by atoms with E-state index in [9.17, 15) is 29.8 Å². The van der Waals surface area contributed by atoms with Crippen molar-refractivity contribution in [1.29, 1.82) is 21.0 Å². The Hall–Kier alpha value is -6.08. The Balaban J connectivity index is 1.82. The number of halogens is 2. The minimum atomic E-state index is -0.401. The first kappa shape index (κ1) is 24.3. The normalized spacial score (nSPS) is 12.4. The minimum absolute atomic E-state index is 0.126. The summed E-state index contributed by atoms with van der Waals surface area (Å²) in [7, 11) is 0. The van der Waals surface area contributed by atoms with Crippen LogP contribution >= 0.6 is 0 Å². The molecule has 184 valence electrons. The van der Waals surface area contributed by atoms with Crippen molar-refractivity contribution in [3.63, 3.8) is 0 Å². The summed E-state index contributed by atoms with van der Waals surface area (Å²) in [5.74, 6) is -0.802. The molecule has 0 aromatic heterocycles. The van der Waals surface area contributed by atoms with Crippen molar-refractivity contribution < 1.29 is 8.78 Å². The van der Waals surface area contributed by atoms with Gasteiger partial charge in [-0.05, 0) is 68.8 Å². The number of fused-ring (bicyclic) bond motifs is 4. The van der Waals surface area contributed by atoms with Gasteiger partial charge in [0.25, 0.3) is 0 Å². The van der Waals surface area contributed by atoms with Gasteiger partial charge in [0.1, 0.15) is 47.1 Å². The van der Waals surface area contributed by atoms with E-state index in [0.29, 0.717) is 66.8 Å². The van der Waals surface area contributed by atoms with E-state index in [0.717, 1.165) is 0 Å². The van der Waals surface area contributed by atoms with Gasteiger partial charge in [0.05, 0.1) is 0 Å². The molecule has 0 aliphatic heterocycles. The summed E-state index contributed by atoms with van der Waals surface area (Å²) in [6.45, 7) is 0. The maximum absolute atomic E-state index is 13.8. The largest absolute Gasteiger partial charge is 0.207 e. The van der Waals surface area contributed by atoms with E-state index in [1.165, 1.54) is 24.3 Å². The third-order valence-electron chi connectivity index (χ3n) is 7.18. The molecule has 0 spiro atoms. The van der Waals surface area contributed by atoms with Crippen LogP contribution in [0.3, 0.4) is 0 Å². The molecule has 0 amide bonds. The zero-order valence-corrected chi connectivity index (χ0v) is 20.6. The van der Waals surface area contributed by atoms with Crippen LogP contribution < -0.4 is 0 Å². The van der Waals surface area contributed by atoms with E-state index in [1.807, 2.05) is 36.4 Å². The predicted octanol–water partition coefficient (Wildman–Crippen LogP) is 7.84. The van der Waals surface area contributed by atoms with Crippen LogP contribution in [0, 0.1) is 57.0 Å². The van der Waals surface area contributed by atoms with E-state index in [2.05, 4.69) is 0 Å². The Morgan fingerprint density at radius 2 is 0.775 bits per heavy atom. The summed E-state index contributed by atoms with van der Waals surface area (Å²) < 4.78 is 27.7. The van der Waals surface area contributed by atoms with E-state index < -0.39 is 11.6 Å². The second-order valence-electron chi connectivity index (χ2n) is 9.17. The van der Waals surface area contributed by atoms with Gasteiger partial charge in [-0.2, -0.15) is 21.0 Å². The average Bonchev–Trinajstić information content (AvgIpc) is 3.49. The number of allylic oxidation sites excluding steroid dienone is 6. The molecule has 0 radical (unpaired) electrons. The summed E-state index contributed by atoms with van der Waals surface area (Å²) in [5, 5.41) is 40.1. The molecule has 0 heterocycles. The topological polar surface area (TPSA) is 95.2 Å². The van der Waals surface area contributed by atoms with Crippen molar-refractivity contribution in [2.45, 2.75) is 0 Å². The number of hydrogen-bond donors (Lipinski definition) is 0.